The average Bonchev–Trinajstić information content (AvgIpc) is 2.62. The molecule has 98 valence electrons. The number of hydrogen-bond donors (Lipinski definition) is 1. The van der Waals surface area contributed by atoms with Gasteiger partial charge in [0.1, 0.15) is 0 Å². The zero-order chi connectivity index (χ0) is 12.9. The van der Waals surface area contributed by atoms with Crippen LogP contribution in [0.3, 0.4) is 0 Å². The van der Waals surface area contributed by atoms with Gasteiger partial charge in [0, 0.05) is 17.8 Å². The maximum Gasteiger partial charge on any atom is 0.0928 e. The fourth-order valence-electron chi connectivity index (χ4n) is 1.78. The third-order valence-electron chi connectivity index (χ3n) is 2.82. The van der Waals surface area contributed by atoms with Crippen molar-refractivity contribution < 1.29 is 0 Å². The Hall–Kier alpha value is -0.410. The zero-order valence-corrected chi connectivity index (χ0v) is 12.4. The van der Waals surface area contributed by atoms with Crippen molar-refractivity contribution in [3.05, 3.63) is 16.1 Å². The minimum absolute atomic E-state index is 0.276. The van der Waals surface area contributed by atoms with Crippen molar-refractivity contribution in [1.29, 1.82) is 0 Å². The fourth-order valence-corrected chi connectivity index (χ4v) is 2.59. The predicted octanol–water partition coefficient (Wildman–Crippen LogP) is 3.79. The second-order valence-corrected chi connectivity index (χ2v) is 6.99. The molecule has 1 aromatic rings. The molecule has 0 bridgehead atoms. The van der Waals surface area contributed by atoms with Gasteiger partial charge in [-0.05, 0) is 24.7 Å². The van der Waals surface area contributed by atoms with E-state index in [1.165, 1.54) is 17.1 Å². The van der Waals surface area contributed by atoms with Gasteiger partial charge >= 0.3 is 0 Å². The second kappa shape index (κ2) is 6.50. The summed E-state index contributed by atoms with van der Waals surface area (Å²) in [6.07, 6.45) is 5.47. The van der Waals surface area contributed by atoms with Gasteiger partial charge in [-0.3, -0.25) is 0 Å². The minimum atomic E-state index is 0.276. The Kier molecular flexibility index (Phi) is 5.60. The third kappa shape index (κ3) is 6.18. The van der Waals surface area contributed by atoms with E-state index in [0.717, 1.165) is 25.7 Å². The van der Waals surface area contributed by atoms with Gasteiger partial charge in [-0.15, -0.1) is 11.3 Å². The molecule has 1 heterocycles. The lowest BCUT2D eigenvalue weighted by Crippen LogP contribution is -2.22. The lowest BCUT2D eigenvalue weighted by molar-refractivity contribution is 0.378. The fraction of sp³-hybridized carbons (Fsp3) is 0.786. The van der Waals surface area contributed by atoms with E-state index in [2.05, 4.69) is 38.1 Å². The average molecular weight is 254 g/mol. The minimum Gasteiger partial charge on any atom is -0.327 e. The standard InChI is InChI=1S/C14H26N2S/c1-5-6-11(15)9-12-10-17-13(16-12)7-8-14(2,3)4/h10-11H,5-9,15H2,1-4H3. The molecule has 2 nitrogen and oxygen atoms in total. The highest BCUT2D eigenvalue weighted by molar-refractivity contribution is 7.09. The van der Waals surface area contributed by atoms with Crippen molar-refractivity contribution in [2.75, 3.05) is 0 Å². The lowest BCUT2D eigenvalue weighted by Gasteiger charge is -2.16. The summed E-state index contributed by atoms with van der Waals surface area (Å²) < 4.78 is 0. The predicted molar refractivity (Wildman–Crippen MR) is 76.5 cm³/mol. The highest BCUT2D eigenvalue weighted by Gasteiger charge is 2.12. The Bertz CT molecular complexity index is 325. The van der Waals surface area contributed by atoms with Gasteiger partial charge in [0.15, 0.2) is 0 Å². The molecule has 0 amide bonds. The summed E-state index contributed by atoms with van der Waals surface area (Å²) in [6, 6.07) is 0.276. The van der Waals surface area contributed by atoms with Crippen molar-refractivity contribution in [2.24, 2.45) is 11.1 Å². The molecule has 1 aromatic heterocycles. The number of aromatic nitrogens is 1. The molecule has 2 N–H and O–H groups in total. The first-order valence-corrected chi connectivity index (χ1v) is 7.47. The van der Waals surface area contributed by atoms with E-state index >= 15 is 0 Å². The number of aryl methyl sites for hydroxylation is 1. The molecule has 0 aliphatic rings. The molecule has 0 saturated heterocycles. The molecular weight excluding hydrogens is 228 g/mol. The van der Waals surface area contributed by atoms with Crippen LogP contribution in [0.1, 0.15) is 57.7 Å². The quantitative estimate of drug-likeness (QED) is 0.839. The van der Waals surface area contributed by atoms with Gasteiger partial charge in [0.25, 0.3) is 0 Å². The summed E-state index contributed by atoms with van der Waals surface area (Å²) in [4.78, 5) is 4.67. The first-order chi connectivity index (χ1) is 7.90. The van der Waals surface area contributed by atoms with Gasteiger partial charge in [0.2, 0.25) is 0 Å². The van der Waals surface area contributed by atoms with Gasteiger partial charge < -0.3 is 5.73 Å². The maximum absolute atomic E-state index is 6.03. The summed E-state index contributed by atoms with van der Waals surface area (Å²) in [6.45, 7) is 9.01. The van der Waals surface area contributed by atoms with Crippen molar-refractivity contribution in [1.82, 2.24) is 4.98 Å². The van der Waals surface area contributed by atoms with E-state index in [-0.39, 0.29) is 6.04 Å². The molecule has 0 fully saturated rings. The van der Waals surface area contributed by atoms with E-state index in [4.69, 9.17) is 5.73 Å². The van der Waals surface area contributed by atoms with E-state index < -0.39 is 0 Å². The van der Waals surface area contributed by atoms with Crippen LogP contribution < -0.4 is 5.73 Å². The molecule has 0 spiro atoms. The number of nitrogens with zero attached hydrogens (tertiary/aromatic N) is 1. The van der Waals surface area contributed by atoms with Crippen LogP contribution in [0.4, 0.5) is 0 Å². The molecule has 3 heteroatoms. The summed E-state index contributed by atoms with van der Waals surface area (Å²) in [5, 5.41) is 3.44. The molecule has 0 aliphatic carbocycles. The molecular formula is C14H26N2S. The van der Waals surface area contributed by atoms with Crippen LogP contribution in [0, 0.1) is 5.41 Å². The SMILES string of the molecule is CCCC(N)Cc1csc(CCC(C)(C)C)n1. The van der Waals surface area contributed by atoms with Crippen LogP contribution in [-0.2, 0) is 12.8 Å². The van der Waals surface area contributed by atoms with E-state index in [1.54, 1.807) is 11.3 Å². The largest absolute Gasteiger partial charge is 0.327 e. The second-order valence-electron chi connectivity index (χ2n) is 6.05. The van der Waals surface area contributed by atoms with Gasteiger partial charge in [-0.2, -0.15) is 0 Å². The van der Waals surface area contributed by atoms with Crippen molar-refractivity contribution in [3.8, 4) is 0 Å². The van der Waals surface area contributed by atoms with Crippen LogP contribution >= 0.6 is 11.3 Å². The number of nitrogens with two attached hydrogens (primary N) is 1. The Morgan fingerprint density at radius 1 is 1.41 bits per heavy atom. The zero-order valence-electron chi connectivity index (χ0n) is 11.6. The monoisotopic (exact) mass is 254 g/mol. The van der Waals surface area contributed by atoms with Gasteiger partial charge in [-0.25, -0.2) is 4.98 Å². The Balaban J connectivity index is 2.42. The van der Waals surface area contributed by atoms with E-state index in [0.29, 0.717) is 5.41 Å². The van der Waals surface area contributed by atoms with Crippen molar-refractivity contribution >= 4 is 11.3 Å². The summed E-state index contributed by atoms with van der Waals surface area (Å²) >= 11 is 1.78. The molecule has 0 aromatic carbocycles. The highest BCUT2D eigenvalue weighted by Crippen LogP contribution is 2.23. The van der Waals surface area contributed by atoms with Crippen LogP contribution in [-0.4, -0.2) is 11.0 Å². The van der Waals surface area contributed by atoms with Gasteiger partial charge in [-0.1, -0.05) is 34.1 Å². The number of hydrogen-bond acceptors (Lipinski definition) is 3. The lowest BCUT2D eigenvalue weighted by atomic mass is 9.91. The Morgan fingerprint density at radius 3 is 2.71 bits per heavy atom. The number of rotatable bonds is 6. The van der Waals surface area contributed by atoms with Crippen molar-refractivity contribution in [2.45, 2.75) is 65.8 Å². The van der Waals surface area contributed by atoms with Crippen molar-refractivity contribution in [3.63, 3.8) is 0 Å². The van der Waals surface area contributed by atoms with E-state index in [9.17, 15) is 0 Å². The Labute approximate surface area is 110 Å². The van der Waals surface area contributed by atoms with Crippen LogP contribution in [0.5, 0.6) is 0 Å². The molecule has 0 radical (unpaired) electrons. The topological polar surface area (TPSA) is 38.9 Å². The molecule has 1 unspecified atom stereocenters. The smallest absolute Gasteiger partial charge is 0.0928 e. The molecule has 1 rings (SSSR count). The van der Waals surface area contributed by atoms with Crippen LogP contribution in [0.15, 0.2) is 5.38 Å². The summed E-state index contributed by atoms with van der Waals surface area (Å²) in [5.74, 6) is 0. The molecule has 0 aliphatic heterocycles. The first kappa shape index (κ1) is 14.7. The molecule has 0 saturated carbocycles. The van der Waals surface area contributed by atoms with Crippen LogP contribution in [0.25, 0.3) is 0 Å². The maximum atomic E-state index is 6.03. The highest BCUT2D eigenvalue weighted by atomic mass is 32.1. The van der Waals surface area contributed by atoms with Gasteiger partial charge in [0.05, 0.1) is 10.7 Å². The summed E-state index contributed by atoms with van der Waals surface area (Å²) in [7, 11) is 0. The third-order valence-corrected chi connectivity index (χ3v) is 3.78. The molecule has 17 heavy (non-hydrogen) atoms. The number of thiazole rings is 1. The summed E-state index contributed by atoms with van der Waals surface area (Å²) in [5.41, 5.74) is 7.61. The normalized spacial score (nSPS) is 13.9. The Morgan fingerprint density at radius 2 is 2.12 bits per heavy atom. The molecule has 1 atom stereocenters. The first-order valence-electron chi connectivity index (χ1n) is 6.59. The van der Waals surface area contributed by atoms with E-state index in [1.807, 2.05) is 0 Å². The van der Waals surface area contributed by atoms with Crippen LogP contribution in [0.2, 0.25) is 0 Å².